The van der Waals surface area contributed by atoms with Crippen LogP contribution < -0.4 is 0 Å². The van der Waals surface area contributed by atoms with Crippen LogP contribution in [0.1, 0.15) is 19.3 Å². The monoisotopic (exact) mass is 665 g/mol. The molecule has 0 heterocycles. The van der Waals surface area contributed by atoms with E-state index in [9.17, 15) is 0 Å². The molecule has 0 aromatic heterocycles. The van der Waals surface area contributed by atoms with Gasteiger partial charge >= 0.3 is 197 Å². The Hall–Kier alpha value is 0.696. The molecule has 0 bridgehead atoms. The van der Waals surface area contributed by atoms with Gasteiger partial charge in [-0.05, 0) is 0 Å². The molecule has 1 aliphatic carbocycles. The first kappa shape index (κ1) is 28.7. The van der Waals surface area contributed by atoms with Crippen LogP contribution in [0, 0.1) is 0 Å². The van der Waals surface area contributed by atoms with Crippen LogP contribution in [0.2, 0.25) is 87.0 Å². The van der Waals surface area contributed by atoms with Gasteiger partial charge in [-0.3, -0.25) is 0 Å². The van der Waals surface area contributed by atoms with E-state index in [2.05, 4.69) is 93.6 Å². The average Bonchev–Trinajstić information content (AvgIpc) is 2.87. The molecule has 0 aromatic rings. The van der Waals surface area contributed by atoms with Gasteiger partial charge < -0.3 is 0 Å². The van der Waals surface area contributed by atoms with Gasteiger partial charge in [-0.1, -0.05) is 0 Å². The van der Waals surface area contributed by atoms with Crippen LogP contribution >= 0.6 is 0 Å². The molecule has 0 amide bonds. The molecule has 0 aromatic carbocycles. The van der Waals surface area contributed by atoms with Crippen LogP contribution in [-0.2, 0) is 24.3 Å². The van der Waals surface area contributed by atoms with Crippen LogP contribution in [0.25, 0.3) is 0 Å². The average molecular weight is 666 g/mol. The zero-order valence-corrected chi connectivity index (χ0v) is 28.3. The summed E-state index contributed by atoms with van der Waals surface area (Å²) in [4.78, 5) is 0. The zero-order valence-electron chi connectivity index (χ0n) is 22.0. The third-order valence-corrected chi connectivity index (χ3v) is 23.7. The van der Waals surface area contributed by atoms with E-state index >= 15 is 0 Å². The molecular formula is C23H50O2PtSi4. The Bertz CT molecular complexity index is 661. The summed E-state index contributed by atoms with van der Waals surface area (Å²) in [7, 11) is -6.87. The van der Waals surface area contributed by atoms with Gasteiger partial charge in [0.25, 0.3) is 0 Å². The second-order valence-corrected chi connectivity index (χ2v) is 41.0. The van der Waals surface area contributed by atoms with Gasteiger partial charge in [0.05, 0.1) is 0 Å². The zero-order chi connectivity index (χ0) is 23.6. The summed E-state index contributed by atoms with van der Waals surface area (Å²) in [5.74, 6) is 0. The Labute approximate surface area is 196 Å². The van der Waals surface area contributed by atoms with Crippen molar-refractivity contribution in [3.8, 4) is 0 Å². The predicted octanol–water partition coefficient (Wildman–Crippen LogP) is 8.86. The third-order valence-electron chi connectivity index (χ3n) is 5.12. The first-order chi connectivity index (χ1) is 13.3. The summed E-state index contributed by atoms with van der Waals surface area (Å²) >= 11 is -1.77. The van der Waals surface area contributed by atoms with E-state index in [1.165, 1.54) is 25.3 Å². The molecule has 0 atom stereocenters. The molecular weight excluding hydrogens is 616 g/mol. The van der Waals surface area contributed by atoms with Crippen molar-refractivity contribution in [3.05, 3.63) is 33.5 Å². The van der Waals surface area contributed by atoms with Crippen molar-refractivity contribution in [3.63, 3.8) is 0 Å². The Morgan fingerprint density at radius 2 is 1.43 bits per heavy atom. The second kappa shape index (κ2) is 10.3. The first-order valence-corrected chi connectivity index (χ1v) is 31.6. The van der Waals surface area contributed by atoms with Crippen LogP contribution in [0.4, 0.5) is 0 Å². The topological polar surface area (TPSA) is 18.5 Å². The molecule has 30 heavy (non-hydrogen) atoms. The minimum atomic E-state index is -2.14. The van der Waals surface area contributed by atoms with E-state index in [4.69, 9.17) is 8.23 Å². The van der Waals surface area contributed by atoms with E-state index in [1.54, 1.807) is 5.57 Å². The molecule has 7 heteroatoms. The SMILES string of the molecule is C=CC[Si](C)(C)C1=[C]([Pt]([CH3])([CH3])[CH3])CC=C1CCC[Si](C)(O[Si](C)(C)C)O[Si](C)(C)C. The normalized spacial score (nSPS) is 17.4. The van der Waals surface area contributed by atoms with Crippen molar-refractivity contribution in [2.24, 2.45) is 0 Å². The van der Waals surface area contributed by atoms with Crippen molar-refractivity contribution >= 4 is 33.3 Å². The fraction of sp³-hybridized carbons (Fsp3) is 0.739. The predicted molar refractivity (Wildman–Crippen MR) is 144 cm³/mol. The molecule has 0 N–H and O–H groups in total. The molecule has 0 aliphatic heterocycles. The summed E-state index contributed by atoms with van der Waals surface area (Å²) in [6, 6.07) is 2.30. The number of hydrogen-bond donors (Lipinski definition) is 0. The molecule has 0 unspecified atom stereocenters. The fourth-order valence-corrected chi connectivity index (χ4v) is 27.8. The van der Waals surface area contributed by atoms with Gasteiger partial charge in [0.1, 0.15) is 0 Å². The van der Waals surface area contributed by atoms with Crippen LogP contribution in [0.5, 0.6) is 0 Å². The molecule has 0 saturated heterocycles. The van der Waals surface area contributed by atoms with Gasteiger partial charge in [0.2, 0.25) is 0 Å². The van der Waals surface area contributed by atoms with E-state index in [-0.39, 0.29) is 0 Å². The number of rotatable bonds is 12. The second-order valence-electron chi connectivity index (χ2n) is 11.9. The summed E-state index contributed by atoms with van der Waals surface area (Å²) in [5.41, 5.74) is 1.67. The Morgan fingerprint density at radius 1 is 0.933 bits per heavy atom. The van der Waals surface area contributed by atoms with E-state index in [1.807, 2.05) is 9.16 Å². The third kappa shape index (κ3) is 9.28. The van der Waals surface area contributed by atoms with Crippen molar-refractivity contribution in [2.75, 3.05) is 0 Å². The van der Waals surface area contributed by atoms with Crippen molar-refractivity contribution in [2.45, 2.75) is 106 Å². The molecule has 2 nitrogen and oxygen atoms in total. The standard InChI is InChI=1S/C20H41O2Si4.3CH3.Pt/c1-11-17-25(8,9)20-16-12-14-19(20)15-13-18-26(10,21-23(2,3)4)22-24(5,6)7;;;;/h11,14H,1,12-13,15,17-18H2,2-10H3;3*1H3;. The Morgan fingerprint density at radius 3 is 1.83 bits per heavy atom. The van der Waals surface area contributed by atoms with Crippen LogP contribution in [-0.4, -0.2) is 33.3 Å². The van der Waals surface area contributed by atoms with Crippen LogP contribution in [0.3, 0.4) is 0 Å². The summed E-state index contributed by atoms with van der Waals surface area (Å²) in [6.07, 6.45) is 8.33. The van der Waals surface area contributed by atoms with Crippen LogP contribution in [0.15, 0.2) is 33.5 Å². The van der Waals surface area contributed by atoms with E-state index < -0.39 is 49.3 Å². The molecule has 0 saturated carbocycles. The fourth-order valence-electron chi connectivity index (χ4n) is 4.49. The van der Waals surface area contributed by atoms with E-state index in [0.29, 0.717) is 0 Å². The molecule has 1 rings (SSSR count). The number of allylic oxidation sites excluding steroid dienone is 5. The quantitative estimate of drug-likeness (QED) is 0.153. The van der Waals surface area contributed by atoms with Crippen molar-refractivity contribution in [1.82, 2.24) is 0 Å². The number of hydrogen-bond acceptors (Lipinski definition) is 2. The summed E-state index contributed by atoms with van der Waals surface area (Å²) < 4.78 is 15.3. The maximum absolute atomic E-state index is 6.74. The van der Waals surface area contributed by atoms with Gasteiger partial charge in [-0.2, -0.15) is 0 Å². The summed E-state index contributed by atoms with van der Waals surface area (Å²) in [5, 5.41) is 9.49. The molecule has 0 fully saturated rings. The van der Waals surface area contributed by atoms with E-state index in [0.717, 1.165) is 6.04 Å². The Kier molecular flexibility index (Phi) is 9.88. The van der Waals surface area contributed by atoms with Gasteiger partial charge in [-0.15, -0.1) is 0 Å². The molecule has 180 valence electrons. The minimum absolute atomic E-state index is 1.11. The first-order valence-electron chi connectivity index (χ1n) is 11.1. The van der Waals surface area contributed by atoms with Crippen molar-refractivity contribution in [1.29, 1.82) is 0 Å². The summed E-state index contributed by atoms with van der Waals surface area (Å²) in [6.45, 7) is 25.3. The molecule has 0 spiro atoms. The van der Waals surface area contributed by atoms with Gasteiger partial charge in [0, 0.05) is 0 Å². The van der Waals surface area contributed by atoms with Gasteiger partial charge in [-0.25, -0.2) is 0 Å². The Balaban J connectivity index is 3.05. The molecule has 0 radical (unpaired) electrons. The van der Waals surface area contributed by atoms with Crippen molar-refractivity contribution < 1.29 is 24.3 Å². The van der Waals surface area contributed by atoms with Gasteiger partial charge in [0.15, 0.2) is 0 Å². The molecule has 1 aliphatic rings. The maximum atomic E-state index is 6.74.